The highest BCUT2D eigenvalue weighted by Crippen LogP contribution is 2.11. The fourth-order valence-electron chi connectivity index (χ4n) is 3.05. The van der Waals surface area contributed by atoms with E-state index in [1.807, 2.05) is 35.8 Å². The molecular formula is C18H28FN3O. The summed E-state index contributed by atoms with van der Waals surface area (Å²) in [5, 5.41) is 0. The van der Waals surface area contributed by atoms with Gasteiger partial charge in [-0.1, -0.05) is 18.2 Å². The first kappa shape index (κ1) is 17.7. The zero-order valence-corrected chi connectivity index (χ0v) is 14.3. The van der Waals surface area contributed by atoms with E-state index in [2.05, 4.69) is 4.90 Å². The number of nitrogens with zero attached hydrogens (tertiary/aromatic N) is 3. The summed E-state index contributed by atoms with van der Waals surface area (Å²) < 4.78 is 13.6. The lowest BCUT2D eigenvalue weighted by Gasteiger charge is -2.37. The van der Waals surface area contributed by atoms with Crippen LogP contribution in [-0.4, -0.2) is 66.5 Å². The Bertz CT molecular complexity index is 497. The van der Waals surface area contributed by atoms with Crippen molar-refractivity contribution in [2.45, 2.75) is 26.7 Å². The minimum atomic E-state index is -0.109. The van der Waals surface area contributed by atoms with Crippen LogP contribution in [0.3, 0.4) is 0 Å². The Hall–Kier alpha value is -1.62. The van der Waals surface area contributed by atoms with Crippen molar-refractivity contribution in [3.8, 4) is 0 Å². The van der Waals surface area contributed by atoms with Crippen molar-refractivity contribution in [1.82, 2.24) is 14.7 Å². The number of hydrogen-bond acceptors (Lipinski definition) is 2. The standard InChI is InChI=1S/C18H28FN3O/c1-3-21(4-2)18(23)22-14-12-20(13-15-22)11-7-9-16-8-5-6-10-17(16)19/h5-6,8,10H,3-4,7,9,11-15H2,1-2H3. The normalized spacial score (nSPS) is 15.7. The van der Waals surface area contributed by atoms with E-state index in [1.165, 1.54) is 6.07 Å². The molecule has 4 nitrogen and oxygen atoms in total. The summed E-state index contributed by atoms with van der Waals surface area (Å²) in [6.45, 7) is 9.90. The molecule has 0 radical (unpaired) electrons. The van der Waals surface area contributed by atoms with E-state index in [9.17, 15) is 9.18 Å². The number of urea groups is 1. The summed E-state index contributed by atoms with van der Waals surface area (Å²) in [5.74, 6) is -0.109. The zero-order valence-electron chi connectivity index (χ0n) is 14.3. The van der Waals surface area contributed by atoms with Gasteiger partial charge in [0.15, 0.2) is 0 Å². The van der Waals surface area contributed by atoms with Crippen LogP contribution in [0.25, 0.3) is 0 Å². The Morgan fingerprint density at radius 3 is 2.39 bits per heavy atom. The van der Waals surface area contributed by atoms with Crippen molar-refractivity contribution in [2.75, 3.05) is 45.8 Å². The van der Waals surface area contributed by atoms with Crippen molar-refractivity contribution in [2.24, 2.45) is 0 Å². The number of halogens is 1. The molecule has 1 aromatic carbocycles. The number of piperazine rings is 1. The number of rotatable bonds is 6. The predicted molar refractivity (Wildman–Crippen MR) is 91.1 cm³/mol. The lowest BCUT2D eigenvalue weighted by atomic mass is 10.1. The average molecular weight is 321 g/mol. The molecular weight excluding hydrogens is 293 g/mol. The smallest absolute Gasteiger partial charge is 0.320 e. The van der Waals surface area contributed by atoms with Gasteiger partial charge in [-0.3, -0.25) is 4.90 Å². The van der Waals surface area contributed by atoms with Crippen molar-refractivity contribution >= 4 is 6.03 Å². The van der Waals surface area contributed by atoms with Crippen LogP contribution in [0, 0.1) is 5.82 Å². The molecule has 1 fully saturated rings. The fourth-order valence-corrected chi connectivity index (χ4v) is 3.05. The fraction of sp³-hybridized carbons (Fsp3) is 0.611. The Kier molecular flexibility index (Phi) is 6.84. The Labute approximate surface area is 138 Å². The van der Waals surface area contributed by atoms with Crippen LogP contribution in [0.2, 0.25) is 0 Å². The van der Waals surface area contributed by atoms with Crippen molar-refractivity contribution in [1.29, 1.82) is 0 Å². The molecule has 1 saturated heterocycles. The lowest BCUT2D eigenvalue weighted by molar-refractivity contribution is 0.114. The van der Waals surface area contributed by atoms with E-state index in [0.717, 1.165) is 64.2 Å². The third-order valence-corrected chi connectivity index (χ3v) is 4.56. The molecule has 128 valence electrons. The van der Waals surface area contributed by atoms with E-state index >= 15 is 0 Å². The molecule has 0 N–H and O–H groups in total. The van der Waals surface area contributed by atoms with E-state index < -0.39 is 0 Å². The molecule has 1 aromatic rings. The molecule has 1 aliphatic rings. The van der Waals surface area contributed by atoms with Gasteiger partial charge in [0.25, 0.3) is 0 Å². The third kappa shape index (κ3) is 4.93. The van der Waals surface area contributed by atoms with Crippen LogP contribution in [-0.2, 0) is 6.42 Å². The van der Waals surface area contributed by atoms with Crippen LogP contribution in [0.5, 0.6) is 0 Å². The number of carbonyl (C=O) groups excluding carboxylic acids is 1. The maximum atomic E-state index is 13.6. The van der Waals surface area contributed by atoms with Gasteiger partial charge in [0, 0.05) is 39.3 Å². The summed E-state index contributed by atoms with van der Waals surface area (Å²) in [6.07, 6.45) is 1.72. The topological polar surface area (TPSA) is 26.8 Å². The Morgan fingerprint density at radius 2 is 1.78 bits per heavy atom. The zero-order chi connectivity index (χ0) is 16.7. The van der Waals surface area contributed by atoms with Crippen LogP contribution in [0.15, 0.2) is 24.3 Å². The summed E-state index contributed by atoms with van der Waals surface area (Å²) in [6, 6.07) is 7.14. The van der Waals surface area contributed by atoms with Gasteiger partial charge in [0.1, 0.15) is 5.82 Å². The second-order valence-corrected chi connectivity index (χ2v) is 5.98. The van der Waals surface area contributed by atoms with E-state index in [1.54, 1.807) is 6.07 Å². The average Bonchev–Trinajstić information content (AvgIpc) is 2.58. The maximum Gasteiger partial charge on any atom is 0.320 e. The Balaban J connectivity index is 1.71. The van der Waals surface area contributed by atoms with Gasteiger partial charge >= 0.3 is 6.03 Å². The molecule has 0 bridgehead atoms. The summed E-state index contributed by atoms with van der Waals surface area (Å²) in [7, 11) is 0. The highest BCUT2D eigenvalue weighted by atomic mass is 19.1. The molecule has 0 saturated carbocycles. The SMILES string of the molecule is CCN(CC)C(=O)N1CCN(CCCc2ccccc2F)CC1. The molecule has 0 unspecified atom stereocenters. The van der Waals surface area contributed by atoms with Gasteiger partial charge < -0.3 is 9.80 Å². The number of aryl methyl sites for hydroxylation is 1. The van der Waals surface area contributed by atoms with Gasteiger partial charge in [-0.05, 0) is 44.9 Å². The molecule has 5 heteroatoms. The highest BCUT2D eigenvalue weighted by Gasteiger charge is 2.23. The van der Waals surface area contributed by atoms with Crippen molar-refractivity contribution in [3.63, 3.8) is 0 Å². The van der Waals surface area contributed by atoms with Gasteiger partial charge in [0.2, 0.25) is 0 Å². The summed E-state index contributed by atoms with van der Waals surface area (Å²) in [5.41, 5.74) is 0.794. The lowest BCUT2D eigenvalue weighted by Crippen LogP contribution is -2.52. The van der Waals surface area contributed by atoms with Crippen LogP contribution in [0.1, 0.15) is 25.8 Å². The molecule has 1 aliphatic heterocycles. The molecule has 0 spiro atoms. The van der Waals surface area contributed by atoms with Crippen LogP contribution in [0.4, 0.5) is 9.18 Å². The van der Waals surface area contributed by atoms with Crippen molar-refractivity contribution in [3.05, 3.63) is 35.6 Å². The minimum Gasteiger partial charge on any atom is -0.325 e. The molecule has 23 heavy (non-hydrogen) atoms. The van der Waals surface area contributed by atoms with Gasteiger partial charge in [-0.2, -0.15) is 0 Å². The van der Waals surface area contributed by atoms with Crippen molar-refractivity contribution < 1.29 is 9.18 Å². The molecule has 0 atom stereocenters. The number of benzene rings is 1. The highest BCUT2D eigenvalue weighted by molar-refractivity contribution is 5.74. The van der Waals surface area contributed by atoms with E-state index in [-0.39, 0.29) is 11.8 Å². The molecule has 2 amide bonds. The summed E-state index contributed by atoms with van der Waals surface area (Å²) >= 11 is 0. The minimum absolute atomic E-state index is 0.109. The van der Waals surface area contributed by atoms with Crippen LogP contribution >= 0.6 is 0 Å². The maximum absolute atomic E-state index is 13.6. The molecule has 0 aromatic heterocycles. The second-order valence-electron chi connectivity index (χ2n) is 5.98. The quantitative estimate of drug-likeness (QED) is 0.805. The number of amides is 2. The monoisotopic (exact) mass is 321 g/mol. The largest absolute Gasteiger partial charge is 0.325 e. The van der Waals surface area contributed by atoms with Gasteiger partial charge in [0.05, 0.1) is 0 Å². The summed E-state index contributed by atoms with van der Waals surface area (Å²) in [4.78, 5) is 18.5. The van der Waals surface area contributed by atoms with E-state index in [0.29, 0.717) is 0 Å². The second kappa shape index (κ2) is 8.87. The first-order valence-corrected chi connectivity index (χ1v) is 8.65. The number of carbonyl (C=O) groups is 1. The number of hydrogen-bond donors (Lipinski definition) is 0. The molecule has 0 aliphatic carbocycles. The van der Waals surface area contributed by atoms with Crippen LogP contribution < -0.4 is 0 Å². The molecule has 2 rings (SSSR count). The van der Waals surface area contributed by atoms with Gasteiger partial charge in [-0.15, -0.1) is 0 Å². The third-order valence-electron chi connectivity index (χ3n) is 4.56. The van der Waals surface area contributed by atoms with Gasteiger partial charge in [-0.25, -0.2) is 9.18 Å². The van der Waals surface area contributed by atoms with E-state index in [4.69, 9.17) is 0 Å². The first-order valence-electron chi connectivity index (χ1n) is 8.65. The molecule has 1 heterocycles. The predicted octanol–water partition coefficient (Wildman–Crippen LogP) is 2.84. The first-order chi connectivity index (χ1) is 11.2. The Morgan fingerprint density at radius 1 is 1.13 bits per heavy atom.